The number of nitrogens with two attached hydrogens (primary N) is 1. The Morgan fingerprint density at radius 3 is 2.94 bits per heavy atom. The van der Waals surface area contributed by atoms with Gasteiger partial charge in [0.25, 0.3) is 0 Å². The lowest BCUT2D eigenvalue weighted by molar-refractivity contribution is 0.734. The summed E-state index contributed by atoms with van der Waals surface area (Å²) < 4.78 is 0. The third-order valence-corrected chi connectivity index (χ3v) is 2.63. The molecule has 0 atom stereocenters. The first-order valence-electron chi connectivity index (χ1n) is 5.66. The van der Waals surface area contributed by atoms with Crippen LogP contribution in [0.1, 0.15) is 31.9 Å². The molecule has 5 heteroatoms. The quantitative estimate of drug-likeness (QED) is 0.575. The second-order valence-electron chi connectivity index (χ2n) is 4.08. The van der Waals surface area contributed by atoms with E-state index in [1.165, 1.54) is 12.8 Å². The molecular formula is C11H17N5. The molecule has 16 heavy (non-hydrogen) atoms. The van der Waals surface area contributed by atoms with Crippen LogP contribution in [0.5, 0.6) is 0 Å². The van der Waals surface area contributed by atoms with Crippen LogP contribution in [0.25, 0.3) is 0 Å². The Hall–Kier alpha value is -1.65. The summed E-state index contributed by atoms with van der Waals surface area (Å²) in [7, 11) is 0. The molecule has 1 fully saturated rings. The van der Waals surface area contributed by atoms with Crippen molar-refractivity contribution in [3.05, 3.63) is 18.0 Å². The van der Waals surface area contributed by atoms with Crippen molar-refractivity contribution in [2.45, 2.75) is 32.2 Å². The minimum Gasteiger partial charge on any atom is -0.382 e. The molecule has 1 aliphatic carbocycles. The first-order valence-corrected chi connectivity index (χ1v) is 5.66. The minimum atomic E-state index is -0.00380. The summed E-state index contributed by atoms with van der Waals surface area (Å²) in [6, 6.07) is 2.25. The molecule has 0 spiro atoms. The number of hydrogen-bond donors (Lipinski definition) is 2. The maximum atomic E-state index is 7.37. The Labute approximate surface area is 95.2 Å². The van der Waals surface area contributed by atoms with Crippen LogP contribution >= 0.6 is 0 Å². The van der Waals surface area contributed by atoms with E-state index in [1.54, 1.807) is 12.3 Å². The van der Waals surface area contributed by atoms with E-state index in [1.807, 2.05) is 0 Å². The van der Waals surface area contributed by atoms with E-state index in [4.69, 9.17) is 11.1 Å². The number of hydrogen-bond acceptors (Lipinski definition) is 4. The maximum absolute atomic E-state index is 7.37. The van der Waals surface area contributed by atoms with Gasteiger partial charge in [-0.1, -0.05) is 6.92 Å². The number of nitrogens with one attached hydrogen (secondary N) is 1. The second-order valence-corrected chi connectivity index (χ2v) is 4.08. The molecule has 2 rings (SSSR count). The molecule has 0 amide bonds. The summed E-state index contributed by atoms with van der Waals surface area (Å²) in [5.41, 5.74) is 5.93. The minimum absolute atomic E-state index is 0.00380. The van der Waals surface area contributed by atoms with Crippen LogP contribution in [0.2, 0.25) is 0 Å². The Bertz CT molecular complexity index is 386. The zero-order valence-electron chi connectivity index (χ0n) is 9.48. The lowest BCUT2D eigenvalue weighted by Crippen LogP contribution is -2.29. The van der Waals surface area contributed by atoms with E-state index in [2.05, 4.69) is 21.8 Å². The summed E-state index contributed by atoms with van der Waals surface area (Å²) >= 11 is 0. The number of rotatable bonds is 5. The normalized spacial score (nSPS) is 14.8. The highest BCUT2D eigenvalue weighted by Gasteiger charge is 2.30. The van der Waals surface area contributed by atoms with Gasteiger partial charge < -0.3 is 10.6 Å². The monoisotopic (exact) mass is 219 g/mol. The highest BCUT2D eigenvalue weighted by Crippen LogP contribution is 2.29. The Morgan fingerprint density at radius 1 is 1.62 bits per heavy atom. The molecule has 3 N–H and O–H groups in total. The smallest absolute Gasteiger partial charge is 0.226 e. The van der Waals surface area contributed by atoms with Gasteiger partial charge in [0.1, 0.15) is 11.5 Å². The van der Waals surface area contributed by atoms with Crippen molar-refractivity contribution in [3.63, 3.8) is 0 Å². The molecule has 0 unspecified atom stereocenters. The van der Waals surface area contributed by atoms with Gasteiger partial charge >= 0.3 is 0 Å². The molecule has 0 bridgehead atoms. The van der Waals surface area contributed by atoms with E-state index in [9.17, 15) is 0 Å². The van der Waals surface area contributed by atoms with E-state index in [-0.39, 0.29) is 5.84 Å². The van der Waals surface area contributed by atoms with Gasteiger partial charge in [-0.2, -0.15) is 0 Å². The third-order valence-electron chi connectivity index (χ3n) is 2.63. The fourth-order valence-corrected chi connectivity index (χ4v) is 1.71. The molecule has 1 aromatic heterocycles. The van der Waals surface area contributed by atoms with Crippen molar-refractivity contribution in [2.75, 3.05) is 11.4 Å². The molecule has 0 aliphatic heterocycles. The highest BCUT2D eigenvalue weighted by atomic mass is 15.3. The van der Waals surface area contributed by atoms with Crippen molar-refractivity contribution in [1.29, 1.82) is 5.41 Å². The van der Waals surface area contributed by atoms with Crippen molar-refractivity contribution >= 4 is 11.8 Å². The van der Waals surface area contributed by atoms with E-state index >= 15 is 0 Å². The first kappa shape index (κ1) is 10.9. The zero-order valence-corrected chi connectivity index (χ0v) is 9.48. The summed E-state index contributed by atoms with van der Waals surface area (Å²) in [4.78, 5) is 10.8. The summed E-state index contributed by atoms with van der Waals surface area (Å²) in [6.45, 7) is 3.11. The van der Waals surface area contributed by atoms with Crippen LogP contribution in [0.3, 0.4) is 0 Å². The zero-order chi connectivity index (χ0) is 11.5. The van der Waals surface area contributed by atoms with Gasteiger partial charge in [-0.05, 0) is 25.3 Å². The number of anilines is 1. The standard InChI is InChI=1S/C11H17N5/c1-2-7-16(8-3-4-8)11-14-6-5-9(15-11)10(12)13/h5-6,8H,2-4,7H2,1H3,(H3,12,13). The molecular weight excluding hydrogens is 202 g/mol. The fourth-order valence-electron chi connectivity index (χ4n) is 1.71. The SMILES string of the molecule is CCCN(c1nccc(C(=N)N)n1)C1CC1. The fraction of sp³-hybridized carbons (Fsp3) is 0.545. The van der Waals surface area contributed by atoms with Crippen LogP contribution < -0.4 is 10.6 Å². The predicted octanol–water partition coefficient (Wildman–Crippen LogP) is 1.14. The van der Waals surface area contributed by atoms with Crippen LogP contribution in [-0.4, -0.2) is 28.4 Å². The number of nitrogens with zero attached hydrogens (tertiary/aromatic N) is 3. The Balaban J connectivity index is 2.22. The largest absolute Gasteiger partial charge is 0.382 e. The second kappa shape index (κ2) is 4.47. The topological polar surface area (TPSA) is 78.9 Å². The van der Waals surface area contributed by atoms with Gasteiger partial charge in [-0.25, -0.2) is 9.97 Å². The molecule has 1 aliphatic rings. The van der Waals surface area contributed by atoms with Crippen molar-refractivity contribution in [3.8, 4) is 0 Å². The highest BCUT2D eigenvalue weighted by molar-refractivity contribution is 5.93. The molecule has 1 saturated carbocycles. The van der Waals surface area contributed by atoms with Crippen molar-refractivity contribution < 1.29 is 0 Å². The molecule has 0 radical (unpaired) electrons. The number of aromatic nitrogens is 2. The number of nitrogen functional groups attached to an aromatic ring is 1. The van der Waals surface area contributed by atoms with Crippen molar-refractivity contribution in [1.82, 2.24) is 9.97 Å². The van der Waals surface area contributed by atoms with Gasteiger partial charge in [-0.15, -0.1) is 0 Å². The average Bonchev–Trinajstić information content (AvgIpc) is 3.10. The van der Waals surface area contributed by atoms with Gasteiger partial charge in [-0.3, -0.25) is 5.41 Å². The molecule has 1 aromatic rings. The predicted molar refractivity (Wildman–Crippen MR) is 63.7 cm³/mol. The third kappa shape index (κ3) is 2.29. The lowest BCUT2D eigenvalue weighted by atomic mass is 10.3. The van der Waals surface area contributed by atoms with Crippen LogP contribution in [-0.2, 0) is 0 Å². The molecule has 0 saturated heterocycles. The summed E-state index contributed by atoms with van der Waals surface area (Å²) in [5.74, 6) is 0.702. The van der Waals surface area contributed by atoms with Gasteiger partial charge in [0.2, 0.25) is 5.95 Å². The van der Waals surface area contributed by atoms with Crippen molar-refractivity contribution in [2.24, 2.45) is 5.73 Å². The summed E-state index contributed by atoms with van der Waals surface area (Å²) in [6.07, 6.45) is 5.18. The van der Waals surface area contributed by atoms with Gasteiger partial charge in [0, 0.05) is 18.8 Å². The van der Waals surface area contributed by atoms with E-state index in [0.717, 1.165) is 13.0 Å². The molecule has 1 heterocycles. The average molecular weight is 219 g/mol. The Morgan fingerprint density at radius 2 is 2.38 bits per heavy atom. The van der Waals surface area contributed by atoms with Crippen LogP contribution in [0.4, 0.5) is 5.95 Å². The number of amidine groups is 1. The molecule has 0 aromatic carbocycles. The summed E-state index contributed by atoms with van der Waals surface area (Å²) in [5, 5.41) is 7.37. The van der Waals surface area contributed by atoms with Crippen LogP contribution in [0.15, 0.2) is 12.3 Å². The maximum Gasteiger partial charge on any atom is 0.226 e. The van der Waals surface area contributed by atoms with E-state index < -0.39 is 0 Å². The van der Waals surface area contributed by atoms with Gasteiger partial charge in [0.05, 0.1) is 0 Å². The van der Waals surface area contributed by atoms with Crippen LogP contribution in [0, 0.1) is 5.41 Å². The first-order chi connectivity index (χ1) is 7.72. The van der Waals surface area contributed by atoms with Gasteiger partial charge in [0.15, 0.2) is 0 Å². The molecule has 5 nitrogen and oxygen atoms in total. The van der Waals surface area contributed by atoms with E-state index in [0.29, 0.717) is 17.7 Å². The Kier molecular flexibility index (Phi) is 3.03. The molecule has 86 valence electrons. The lowest BCUT2D eigenvalue weighted by Gasteiger charge is -2.21.